The Morgan fingerprint density at radius 3 is 2.39 bits per heavy atom. The number of nitrogens with zero attached hydrogens (tertiary/aromatic N) is 5. The average Bonchev–Trinajstić information content (AvgIpc) is 3.08. The number of amides is 2. The molecule has 0 radical (unpaired) electrons. The molecule has 4 rings (SSSR count). The number of hydrogen-bond donors (Lipinski definition) is 0. The van der Waals surface area contributed by atoms with Gasteiger partial charge in [-0.2, -0.15) is 0 Å². The van der Waals surface area contributed by atoms with Crippen molar-refractivity contribution in [1.29, 1.82) is 0 Å². The minimum Gasteiger partial charge on any atom is -0.354 e. The lowest BCUT2D eigenvalue weighted by atomic mass is 10.0. The van der Waals surface area contributed by atoms with Gasteiger partial charge in [0.1, 0.15) is 5.82 Å². The second-order valence-corrected chi connectivity index (χ2v) is 9.05. The minimum absolute atomic E-state index is 0.0575. The van der Waals surface area contributed by atoms with Gasteiger partial charge in [0.15, 0.2) is 5.82 Å². The van der Waals surface area contributed by atoms with Gasteiger partial charge in [0, 0.05) is 68.5 Å². The van der Waals surface area contributed by atoms with Gasteiger partial charge >= 0.3 is 6.03 Å². The van der Waals surface area contributed by atoms with Crippen LogP contribution in [0.3, 0.4) is 0 Å². The Labute approximate surface area is 200 Å². The molecule has 3 aromatic rings. The van der Waals surface area contributed by atoms with Crippen LogP contribution in [0.1, 0.15) is 23.2 Å². The van der Waals surface area contributed by atoms with Crippen molar-refractivity contribution in [1.82, 2.24) is 19.8 Å². The molecule has 1 saturated heterocycles. The van der Waals surface area contributed by atoms with E-state index in [1.54, 1.807) is 19.0 Å². The van der Waals surface area contributed by atoms with Crippen molar-refractivity contribution in [3.05, 3.63) is 76.4 Å². The first-order chi connectivity index (χ1) is 15.9. The Balaban J connectivity index is 1.71. The zero-order chi connectivity index (χ0) is 23.4. The van der Waals surface area contributed by atoms with Crippen molar-refractivity contribution in [2.45, 2.75) is 19.8 Å². The standard InChI is InChI=1S/C26H30ClN5O/c1-19-23(18-20-10-12-22(27)13-11-20)25(29-24(28-19)21-8-5-4-6-9-21)31-14-7-15-32(17-16-31)26(33)30(2)3/h4-6,8-13H,7,14-18H2,1-3H3. The van der Waals surface area contributed by atoms with Crippen LogP contribution in [-0.4, -0.2) is 66.1 Å². The third-order valence-electron chi connectivity index (χ3n) is 5.97. The first-order valence-electron chi connectivity index (χ1n) is 11.3. The highest BCUT2D eigenvalue weighted by atomic mass is 35.5. The molecule has 2 aromatic carbocycles. The zero-order valence-corrected chi connectivity index (χ0v) is 20.2. The molecular weight excluding hydrogens is 434 g/mol. The number of aryl methyl sites for hydroxylation is 1. The maximum Gasteiger partial charge on any atom is 0.319 e. The van der Waals surface area contributed by atoms with Gasteiger partial charge in [-0.1, -0.05) is 54.1 Å². The number of hydrogen-bond acceptors (Lipinski definition) is 4. The molecule has 2 amide bonds. The summed E-state index contributed by atoms with van der Waals surface area (Å²) >= 11 is 6.10. The molecule has 1 aliphatic heterocycles. The van der Waals surface area contributed by atoms with E-state index in [9.17, 15) is 4.79 Å². The number of anilines is 1. The second-order valence-electron chi connectivity index (χ2n) is 8.61. The third kappa shape index (κ3) is 5.45. The summed E-state index contributed by atoms with van der Waals surface area (Å²) in [5.74, 6) is 1.68. The zero-order valence-electron chi connectivity index (χ0n) is 19.5. The highest BCUT2D eigenvalue weighted by Gasteiger charge is 2.24. The molecule has 0 aliphatic carbocycles. The van der Waals surface area contributed by atoms with Gasteiger partial charge in [-0.15, -0.1) is 0 Å². The fourth-order valence-corrected chi connectivity index (χ4v) is 4.30. The summed E-state index contributed by atoms with van der Waals surface area (Å²) in [7, 11) is 3.60. The topological polar surface area (TPSA) is 52.6 Å². The fourth-order valence-electron chi connectivity index (χ4n) is 4.18. The number of aromatic nitrogens is 2. The van der Waals surface area contributed by atoms with E-state index in [0.717, 1.165) is 66.0 Å². The molecule has 6 nitrogen and oxygen atoms in total. The van der Waals surface area contributed by atoms with E-state index >= 15 is 0 Å². The highest BCUT2D eigenvalue weighted by molar-refractivity contribution is 6.30. The van der Waals surface area contributed by atoms with Crippen molar-refractivity contribution in [2.24, 2.45) is 0 Å². The van der Waals surface area contributed by atoms with Crippen molar-refractivity contribution in [3.8, 4) is 11.4 Å². The van der Waals surface area contributed by atoms with Crippen LogP contribution in [0.2, 0.25) is 5.02 Å². The molecule has 0 unspecified atom stereocenters. The van der Waals surface area contributed by atoms with Gasteiger partial charge in [0.05, 0.1) is 0 Å². The van der Waals surface area contributed by atoms with Crippen molar-refractivity contribution in [3.63, 3.8) is 0 Å². The van der Waals surface area contributed by atoms with Gasteiger partial charge < -0.3 is 14.7 Å². The Morgan fingerprint density at radius 2 is 1.70 bits per heavy atom. The predicted molar refractivity (Wildman–Crippen MR) is 134 cm³/mol. The Morgan fingerprint density at radius 1 is 0.970 bits per heavy atom. The van der Waals surface area contributed by atoms with E-state index < -0.39 is 0 Å². The molecule has 1 aliphatic rings. The van der Waals surface area contributed by atoms with Crippen LogP contribution in [-0.2, 0) is 6.42 Å². The van der Waals surface area contributed by atoms with Crippen LogP contribution in [0.15, 0.2) is 54.6 Å². The Bertz CT molecular complexity index is 1100. The summed E-state index contributed by atoms with van der Waals surface area (Å²) in [6.45, 7) is 5.05. The molecule has 172 valence electrons. The lowest BCUT2D eigenvalue weighted by Crippen LogP contribution is -2.41. The minimum atomic E-state index is 0.0575. The summed E-state index contributed by atoms with van der Waals surface area (Å²) in [6, 6.07) is 18.1. The van der Waals surface area contributed by atoms with E-state index in [0.29, 0.717) is 6.54 Å². The lowest BCUT2D eigenvalue weighted by Gasteiger charge is -2.27. The fraction of sp³-hybridized carbons (Fsp3) is 0.346. The van der Waals surface area contributed by atoms with Crippen LogP contribution >= 0.6 is 11.6 Å². The summed E-state index contributed by atoms with van der Waals surface area (Å²) in [4.78, 5) is 28.3. The molecule has 0 saturated carbocycles. The molecule has 2 heterocycles. The van der Waals surface area contributed by atoms with E-state index in [2.05, 4.69) is 24.0 Å². The summed E-state index contributed by atoms with van der Waals surface area (Å²) < 4.78 is 0. The highest BCUT2D eigenvalue weighted by Crippen LogP contribution is 2.28. The Kier molecular flexibility index (Phi) is 7.14. The summed E-state index contributed by atoms with van der Waals surface area (Å²) in [5, 5.41) is 0.726. The molecule has 0 spiro atoms. The summed E-state index contributed by atoms with van der Waals surface area (Å²) in [5.41, 5.74) is 4.25. The van der Waals surface area contributed by atoms with Crippen molar-refractivity contribution >= 4 is 23.4 Å². The van der Waals surface area contributed by atoms with Gasteiger partial charge in [-0.25, -0.2) is 14.8 Å². The number of halogens is 1. The van der Waals surface area contributed by atoms with E-state index in [4.69, 9.17) is 21.6 Å². The van der Waals surface area contributed by atoms with E-state index in [1.807, 2.05) is 47.4 Å². The first kappa shape index (κ1) is 23.1. The lowest BCUT2D eigenvalue weighted by molar-refractivity contribution is 0.174. The largest absolute Gasteiger partial charge is 0.354 e. The van der Waals surface area contributed by atoms with Crippen LogP contribution in [0, 0.1) is 6.92 Å². The molecule has 0 atom stereocenters. The van der Waals surface area contributed by atoms with Gasteiger partial charge in [-0.3, -0.25) is 0 Å². The van der Waals surface area contributed by atoms with E-state index in [1.165, 1.54) is 5.56 Å². The van der Waals surface area contributed by atoms with Crippen LogP contribution in [0.25, 0.3) is 11.4 Å². The molecule has 0 bridgehead atoms. The number of benzene rings is 2. The molecule has 0 N–H and O–H groups in total. The molecule has 33 heavy (non-hydrogen) atoms. The first-order valence-corrected chi connectivity index (χ1v) is 11.7. The SMILES string of the molecule is Cc1nc(-c2ccccc2)nc(N2CCCN(C(=O)N(C)C)CC2)c1Cc1ccc(Cl)cc1. The van der Waals surface area contributed by atoms with Crippen molar-refractivity contribution < 1.29 is 4.79 Å². The molecule has 1 fully saturated rings. The number of carbonyl (C=O) groups excluding carboxylic acids is 1. The van der Waals surface area contributed by atoms with Gasteiger partial charge in [-0.05, 0) is 31.0 Å². The third-order valence-corrected chi connectivity index (χ3v) is 6.22. The van der Waals surface area contributed by atoms with E-state index in [-0.39, 0.29) is 6.03 Å². The predicted octanol–water partition coefficient (Wildman–Crippen LogP) is 4.89. The molecule has 7 heteroatoms. The summed E-state index contributed by atoms with van der Waals surface area (Å²) in [6.07, 6.45) is 1.62. The average molecular weight is 464 g/mol. The second kappa shape index (κ2) is 10.2. The van der Waals surface area contributed by atoms with Gasteiger partial charge in [0.2, 0.25) is 0 Å². The molecular formula is C26H30ClN5O. The molecule has 1 aromatic heterocycles. The maximum atomic E-state index is 12.5. The van der Waals surface area contributed by atoms with Crippen LogP contribution < -0.4 is 4.90 Å². The van der Waals surface area contributed by atoms with Crippen LogP contribution in [0.4, 0.5) is 10.6 Å². The Hall–Kier alpha value is -3.12. The van der Waals surface area contributed by atoms with Crippen molar-refractivity contribution in [2.75, 3.05) is 45.2 Å². The monoisotopic (exact) mass is 463 g/mol. The number of rotatable bonds is 4. The van der Waals surface area contributed by atoms with Crippen LogP contribution in [0.5, 0.6) is 0 Å². The quantitative estimate of drug-likeness (QED) is 0.552. The number of urea groups is 1. The smallest absolute Gasteiger partial charge is 0.319 e. The normalized spacial score (nSPS) is 14.2. The maximum absolute atomic E-state index is 12.5. The number of carbonyl (C=O) groups is 1. The van der Waals surface area contributed by atoms with Gasteiger partial charge in [0.25, 0.3) is 0 Å².